The highest BCUT2D eigenvalue weighted by molar-refractivity contribution is 5.98. The van der Waals surface area contributed by atoms with Crippen molar-refractivity contribution in [1.82, 2.24) is 46.7 Å². The van der Waals surface area contributed by atoms with Gasteiger partial charge in [0.15, 0.2) is 0 Å². The zero-order valence-electron chi connectivity index (χ0n) is 49.3. The molecule has 0 unspecified atom stereocenters. The first-order valence-corrected chi connectivity index (χ1v) is 28.9. The molecule has 7 atom stereocenters. The van der Waals surface area contributed by atoms with E-state index in [9.17, 15) is 69.8 Å². The van der Waals surface area contributed by atoms with E-state index < -0.39 is 132 Å². The average Bonchev–Trinajstić information content (AvgIpc) is 2.19. The normalized spacial score (nSPS) is 15.4. The molecule has 5 aromatic carbocycles. The van der Waals surface area contributed by atoms with Gasteiger partial charge in [0, 0.05) is 56.5 Å². The Morgan fingerprint density at radius 3 is 1.80 bits per heavy atom. The third-order valence-corrected chi connectivity index (χ3v) is 15.1. The standard InChI is InChI=1S/C64H72F6N10O9/c1-37(2)26-50(58(85)78-53(32-43-34-72-49-19-12-11-18-47(43)49)61(88)79(4)36-42-27-44(63(65,66)67)33-45(28-42)64(68,69)70)76-60(87)54-20-13-25-80(54)62(89)52(31-40-16-9-6-10-17-40)77-59(86)51(30-39-14-7-5-8-15-39)75-55(82)35-73-56(83)38(3)74-57(84)48(71)29-41-21-23-46(81)24-22-41/h5-12,14-19,21-24,27-28,33-34,37-38,48,50-54,72,81H,13,20,25-26,29-32,35-36,71H2,1-4H3,(H,73,83)(H,74,84)(H,75,82)(H,76,87)(H,77,86)(H,78,85)/t38-,48+,50+,51+,52+,53+,54+/m1/s1. The molecule has 7 rings (SSSR count). The van der Waals surface area contributed by atoms with E-state index in [0.717, 1.165) is 4.90 Å². The maximum absolute atomic E-state index is 15.0. The monoisotopic (exact) mass is 1240 g/mol. The van der Waals surface area contributed by atoms with Crippen molar-refractivity contribution in [1.29, 1.82) is 0 Å². The number of fused-ring (bicyclic) bond motifs is 1. The highest BCUT2D eigenvalue weighted by Crippen LogP contribution is 2.37. The first-order valence-electron chi connectivity index (χ1n) is 28.9. The summed E-state index contributed by atoms with van der Waals surface area (Å²) in [6, 6.07) is 22.6. The van der Waals surface area contributed by atoms with Gasteiger partial charge in [0.1, 0.15) is 42.0 Å². The van der Waals surface area contributed by atoms with Gasteiger partial charge in [-0.1, -0.05) is 105 Å². The van der Waals surface area contributed by atoms with Gasteiger partial charge >= 0.3 is 12.4 Å². The Kier molecular flexibility index (Phi) is 22.7. The second-order valence-corrected chi connectivity index (χ2v) is 22.6. The Balaban J connectivity index is 1.06. The lowest BCUT2D eigenvalue weighted by Crippen LogP contribution is -2.60. The van der Waals surface area contributed by atoms with E-state index in [0.29, 0.717) is 51.7 Å². The first kappa shape index (κ1) is 67.3. The molecule has 1 aromatic heterocycles. The molecule has 0 bridgehead atoms. The number of likely N-dealkylation sites (N-methyl/N-ethyl adjacent to an activating group) is 1. The van der Waals surface area contributed by atoms with Crippen molar-refractivity contribution in [2.45, 2.75) is 127 Å². The number of amides is 8. The van der Waals surface area contributed by atoms with Gasteiger partial charge in [-0.25, -0.2) is 0 Å². The smallest absolute Gasteiger partial charge is 0.416 e. The van der Waals surface area contributed by atoms with Gasteiger partial charge in [-0.05, 0) is 103 Å². The molecule has 2 heterocycles. The van der Waals surface area contributed by atoms with Gasteiger partial charge in [0.25, 0.3) is 0 Å². The van der Waals surface area contributed by atoms with Gasteiger partial charge in [-0.15, -0.1) is 0 Å². The van der Waals surface area contributed by atoms with E-state index in [4.69, 9.17) is 5.73 Å². The Labute approximate surface area is 509 Å². The number of phenolic OH excluding ortho intramolecular Hbond substituents is 1. The second kappa shape index (κ2) is 30.1. The maximum Gasteiger partial charge on any atom is 0.416 e. The van der Waals surface area contributed by atoms with Crippen LogP contribution in [0.15, 0.2) is 134 Å². The van der Waals surface area contributed by atoms with Crippen molar-refractivity contribution < 1.29 is 69.8 Å². The summed E-state index contributed by atoms with van der Waals surface area (Å²) >= 11 is 0. The molecule has 474 valence electrons. The number of hydrogen-bond acceptors (Lipinski definition) is 10. The number of nitrogens with one attached hydrogen (secondary N) is 7. The predicted octanol–water partition coefficient (Wildman–Crippen LogP) is 5.76. The number of carbonyl (C=O) groups is 8. The van der Waals surface area contributed by atoms with Crippen LogP contribution in [0.1, 0.15) is 79.0 Å². The molecule has 1 aliphatic heterocycles. The van der Waals surface area contributed by atoms with E-state index in [1.54, 1.807) is 117 Å². The molecular weight excluding hydrogens is 1170 g/mol. The lowest BCUT2D eigenvalue weighted by Gasteiger charge is -2.31. The molecule has 1 saturated heterocycles. The minimum atomic E-state index is -5.15. The third-order valence-electron chi connectivity index (χ3n) is 15.1. The number of aromatic nitrogens is 1. The van der Waals surface area contributed by atoms with E-state index in [2.05, 4.69) is 36.9 Å². The number of phenols is 1. The molecule has 89 heavy (non-hydrogen) atoms. The topological polar surface area (TPSA) is 277 Å². The van der Waals surface area contributed by atoms with Gasteiger partial charge in [0.2, 0.25) is 47.3 Å². The summed E-state index contributed by atoms with van der Waals surface area (Å²) in [4.78, 5) is 118. The molecular formula is C64H72F6N10O9. The van der Waals surface area contributed by atoms with Crippen molar-refractivity contribution in [2.75, 3.05) is 20.1 Å². The number of nitrogens with two attached hydrogens (primary N) is 1. The second-order valence-electron chi connectivity index (χ2n) is 22.6. The number of aromatic hydroxyl groups is 1. The summed E-state index contributed by atoms with van der Waals surface area (Å²) in [7, 11) is 1.17. The summed E-state index contributed by atoms with van der Waals surface area (Å²) < 4.78 is 83.2. The van der Waals surface area contributed by atoms with Crippen LogP contribution in [-0.4, -0.2) is 130 Å². The van der Waals surface area contributed by atoms with Crippen LogP contribution < -0.4 is 37.6 Å². The minimum absolute atomic E-state index is 0.00470. The summed E-state index contributed by atoms with van der Waals surface area (Å²) in [5.74, 6) is -6.34. The minimum Gasteiger partial charge on any atom is -0.508 e. The SMILES string of the molecule is CC(C)C[C@H](NC(=O)[C@@H]1CCCN1C(=O)[C@H](Cc1ccccc1)NC(=O)[C@H](Cc1ccccc1)NC(=O)CNC(=O)[C@@H](C)NC(=O)[C@@H](N)Cc1ccc(O)cc1)C(=O)N[C@@H](Cc1c[nH]c2ccccc12)C(=O)N(C)Cc1cc(C(F)(F)F)cc(C(F)(F)F)c1. The lowest BCUT2D eigenvalue weighted by molar-refractivity contribution is -0.143. The Hall–Kier alpha value is -9.26. The molecule has 0 spiro atoms. The fourth-order valence-electron chi connectivity index (χ4n) is 10.5. The molecule has 0 aliphatic carbocycles. The van der Waals surface area contributed by atoms with Crippen molar-refractivity contribution in [3.05, 3.63) is 173 Å². The van der Waals surface area contributed by atoms with E-state index in [1.165, 1.54) is 31.0 Å². The highest BCUT2D eigenvalue weighted by atomic mass is 19.4. The zero-order chi connectivity index (χ0) is 64.7. The number of hydrogen-bond donors (Lipinski definition) is 9. The van der Waals surface area contributed by atoms with Crippen LogP contribution in [0.4, 0.5) is 26.3 Å². The van der Waals surface area contributed by atoms with Crippen molar-refractivity contribution in [2.24, 2.45) is 11.7 Å². The number of likely N-dealkylation sites (tertiary alicyclic amines) is 1. The van der Waals surface area contributed by atoms with Crippen LogP contribution in [0.2, 0.25) is 0 Å². The molecule has 0 saturated carbocycles. The number of halogens is 6. The van der Waals surface area contributed by atoms with Crippen LogP contribution in [0.25, 0.3) is 10.9 Å². The first-order chi connectivity index (χ1) is 42.1. The number of aromatic amines is 1. The number of rotatable bonds is 26. The number of para-hydroxylation sites is 1. The van der Waals surface area contributed by atoms with E-state index >= 15 is 0 Å². The Bertz CT molecular complexity index is 3430. The third kappa shape index (κ3) is 19.1. The fourth-order valence-corrected chi connectivity index (χ4v) is 10.5. The molecule has 8 amide bonds. The number of nitrogens with zero attached hydrogens (tertiary/aromatic N) is 2. The highest BCUT2D eigenvalue weighted by Gasteiger charge is 2.41. The van der Waals surface area contributed by atoms with Gasteiger partial charge in [-0.3, -0.25) is 38.4 Å². The predicted molar refractivity (Wildman–Crippen MR) is 318 cm³/mol. The molecule has 19 nitrogen and oxygen atoms in total. The average molecular weight is 1240 g/mol. The van der Waals surface area contributed by atoms with Crippen molar-refractivity contribution in [3.63, 3.8) is 0 Å². The Morgan fingerprint density at radius 1 is 0.629 bits per heavy atom. The summed E-state index contributed by atoms with van der Waals surface area (Å²) in [5, 5.41) is 26.2. The summed E-state index contributed by atoms with van der Waals surface area (Å²) in [5.41, 5.74) is 5.56. The molecule has 0 radical (unpaired) electrons. The number of H-pyrrole nitrogens is 1. The van der Waals surface area contributed by atoms with Crippen molar-refractivity contribution >= 4 is 58.2 Å². The molecule has 1 aliphatic rings. The summed E-state index contributed by atoms with van der Waals surface area (Å²) in [6.45, 7) is 3.64. The van der Waals surface area contributed by atoms with Gasteiger partial charge in [0.05, 0.1) is 23.7 Å². The van der Waals surface area contributed by atoms with Crippen molar-refractivity contribution in [3.8, 4) is 5.75 Å². The number of alkyl halides is 6. The van der Waals surface area contributed by atoms with Gasteiger partial charge < -0.3 is 57.5 Å². The quantitative estimate of drug-likeness (QED) is 0.0296. The summed E-state index contributed by atoms with van der Waals surface area (Å²) in [6.07, 6.45) is -8.48. The maximum atomic E-state index is 15.0. The molecule has 10 N–H and O–H groups in total. The van der Waals surface area contributed by atoms with E-state index in [-0.39, 0.29) is 62.8 Å². The number of benzene rings is 5. The van der Waals surface area contributed by atoms with E-state index in [1.807, 2.05) is 0 Å². The lowest BCUT2D eigenvalue weighted by atomic mass is 9.99. The fraction of sp³-hybridized carbons (Fsp3) is 0.375. The number of carbonyl (C=O) groups excluding carboxylic acids is 8. The molecule has 1 fully saturated rings. The largest absolute Gasteiger partial charge is 0.508 e. The van der Waals surface area contributed by atoms with Crippen LogP contribution in [0.5, 0.6) is 5.75 Å². The van der Waals surface area contributed by atoms with Crippen LogP contribution in [0, 0.1) is 5.92 Å². The Morgan fingerprint density at radius 2 is 1.19 bits per heavy atom. The van der Waals surface area contributed by atoms with Crippen LogP contribution in [0.3, 0.4) is 0 Å². The van der Waals surface area contributed by atoms with Crippen LogP contribution in [-0.2, 0) is 82.9 Å². The molecule has 25 heteroatoms. The van der Waals surface area contributed by atoms with Crippen LogP contribution >= 0.6 is 0 Å². The molecule has 6 aromatic rings. The van der Waals surface area contributed by atoms with Gasteiger partial charge in [-0.2, -0.15) is 26.3 Å². The zero-order valence-corrected chi connectivity index (χ0v) is 49.3.